The number of hydrogen-bond acceptors (Lipinski definition) is 4. The lowest BCUT2D eigenvalue weighted by molar-refractivity contribution is 0.00695. The fraction of sp³-hybridized carbons (Fsp3) is 0.385. The van der Waals surface area contributed by atoms with Gasteiger partial charge in [-0.2, -0.15) is 0 Å². The quantitative estimate of drug-likeness (QED) is 0.633. The molecule has 0 amide bonds. The van der Waals surface area contributed by atoms with E-state index in [0.717, 1.165) is 0 Å². The number of ketones is 1. The Morgan fingerprint density at radius 1 is 1.24 bits per heavy atom. The number of hydrogen-bond donors (Lipinski definition) is 1. The second-order valence-electron chi connectivity index (χ2n) is 4.79. The van der Waals surface area contributed by atoms with E-state index in [2.05, 4.69) is 0 Å². The fourth-order valence-electron chi connectivity index (χ4n) is 1.28. The van der Waals surface area contributed by atoms with E-state index < -0.39 is 11.6 Å². The first kappa shape index (κ1) is 13.2. The highest BCUT2D eigenvalue weighted by molar-refractivity contribution is 6.00. The van der Waals surface area contributed by atoms with Crippen LogP contribution in [0.3, 0.4) is 0 Å². The van der Waals surface area contributed by atoms with Gasteiger partial charge in [0.1, 0.15) is 11.4 Å². The average molecular weight is 236 g/mol. The van der Waals surface area contributed by atoms with Crippen molar-refractivity contribution in [1.29, 1.82) is 0 Å². The van der Waals surface area contributed by atoms with Gasteiger partial charge in [0.2, 0.25) is 0 Å². The second-order valence-corrected chi connectivity index (χ2v) is 4.79. The van der Waals surface area contributed by atoms with E-state index in [0.29, 0.717) is 0 Å². The summed E-state index contributed by atoms with van der Waals surface area (Å²) in [6, 6.07) is 4.08. The average Bonchev–Trinajstić information content (AvgIpc) is 2.14. The molecule has 0 aromatic heterocycles. The maximum Gasteiger partial charge on any atom is 0.338 e. The molecule has 0 saturated heterocycles. The van der Waals surface area contributed by atoms with Crippen LogP contribution in [0, 0.1) is 0 Å². The first-order valence-electron chi connectivity index (χ1n) is 5.28. The zero-order valence-corrected chi connectivity index (χ0v) is 10.4. The van der Waals surface area contributed by atoms with Crippen LogP contribution in [0.15, 0.2) is 18.2 Å². The molecule has 1 aromatic rings. The predicted octanol–water partition coefficient (Wildman–Crippen LogP) is 2.55. The Bertz CT molecular complexity index is 455. The molecular formula is C13H16O4. The molecular weight excluding hydrogens is 220 g/mol. The first-order valence-corrected chi connectivity index (χ1v) is 5.28. The molecule has 1 N–H and O–H groups in total. The minimum atomic E-state index is -0.592. The minimum absolute atomic E-state index is 0.119. The van der Waals surface area contributed by atoms with Crippen LogP contribution in [-0.4, -0.2) is 22.5 Å². The van der Waals surface area contributed by atoms with Gasteiger partial charge in [-0.05, 0) is 45.9 Å². The summed E-state index contributed by atoms with van der Waals surface area (Å²) in [4.78, 5) is 22.9. The van der Waals surface area contributed by atoms with Gasteiger partial charge in [-0.3, -0.25) is 4.79 Å². The number of phenols is 1. The lowest BCUT2D eigenvalue weighted by atomic mass is 10.1. The number of carbonyl (C=O) groups is 2. The minimum Gasteiger partial charge on any atom is -0.507 e. The molecule has 0 atom stereocenters. The third kappa shape index (κ3) is 3.59. The van der Waals surface area contributed by atoms with E-state index in [-0.39, 0.29) is 22.7 Å². The van der Waals surface area contributed by atoms with E-state index in [1.54, 1.807) is 20.8 Å². The Morgan fingerprint density at radius 3 is 2.29 bits per heavy atom. The summed E-state index contributed by atoms with van der Waals surface area (Å²) in [5.41, 5.74) is -0.220. The summed E-state index contributed by atoms with van der Waals surface area (Å²) in [5.74, 6) is -0.947. The molecule has 0 unspecified atom stereocenters. The molecule has 4 heteroatoms. The summed E-state index contributed by atoms with van der Waals surface area (Å²) >= 11 is 0. The normalized spacial score (nSPS) is 11.1. The van der Waals surface area contributed by atoms with Crippen molar-refractivity contribution in [2.24, 2.45) is 0 Å². The van der Waals surface area contributed by atoms with Gasteiger partial charge in [-0.1, -0.05) is 0 Å². The number of carbonyl (C=O) groups excluding carboxylic acids is 2. The van der Waals surface area contributed by atoms with E-state index in [9.17, 15) is 14.7 Å². The molecule has 0 aliphatic rings. The van der Waals surface area contributed by atoms with Gasteiger partial charge in [0.15, 0.2) is 5.78 Å². The van der Waals surface area contributed by atoms with Crippen LogP contribution in [0.2, 0.25) is 0 Å². The van der Waals surface area contributed by atoms with Crippen LogP contribution < -0.4 is 0 Å². The van der Waals surface area contributed by atoms with Crippen molar-refractivity contribution < 1.29 is 19.4 Å². The molecule has 92 valence electrons. The summed E-state index contributed by atoms with van der Waals surface area (Å²) < 4.78 is 5.17. The predicted molar refractivity (Wildman–Crippen MR) is 63.3 cm³/mol. The number of Topliss-reactive ketones (excluding diaryl/α,β-unsaturated/α-hetero) is 1. The van der Waals surface area contributed by atoms with Crippen molar-refractivity contribution in [2.75, 3.05) is 0 Å². The molecule has 0 aliphatic carbocycles. The van der Waals surface area contributed by atoms with E-state index >= 15 is 0 Å². The standard InChI is InChI=1S/C13H16O4/c1-8(14)10-7-9(5-6-11(10)15)12(16)17-13(2,3)4/h5-7,15H,1-4H3. The molecule has 0 fully saturated rings. The Hall–Kier alpha value is -1.84. The van der Waals surface area contributed by atoms with Gasteiger partial charge < -0.3 is 9.84 Å². The number of benzene rings is 1. The van der Waals surface area contributed by atoms with Crippen molar-refractivity contribution in [3.63, 3.8) is 0 Å². The monoisotopic (exact) mass is 236 g/mol. The van der Waals surface area contributed by atoms with Crippen LogP contribution in [0.4, 0.5) is 0 Å². The molecule has 0 aliphatic heterocycles. The maximum atomic E-state index is 11.7. The van der Waals surface area contributed by atoms with Crippen LogP contribution >= 0.6 is 0 Å². The van der Waals surface area contributed by atoms with Crippen LogP contribution in [-0.2, 0) is 4.74 Å². The second kappa shape index (κ2) is 4.57. The Labute approximate surface area is 100 Å². The Morgan fingerprint density at radius 2 is 1.82 bits per heavy atom. The lowest BCUT2D eigenvalue weighted by Crippen LogP contribution is -2.24. The van der Waals surface area contributed by atoms with Gasteiger partial charge in [-0.25, -0.2) is 4.79 Å². The maximum absolute atomic E-state index is 11.7. The van der Waals surface area contributed by atoms with Crippen molar-refractivity contribution in [3.8, 4) is 5.75 Å². The molecule has 0 spiro atoms. The number of ether oxygens (including phenoxy) is 1. The summed E-state index contributed by atoms with van der Waals surface area (Å²) in [7, 11) is 0. The molecule has 1 rings (SSSR count). The number of aromatic hydroxyl groups is 1. The van der Waals surface area contributed by atoms with Crippen molar-refractivity contribution >= 4 is 11.8 Å². The van der Waals surface area contributed by atoms with Gasteiger partial charge in [0.25, 0.3) is 0 Å². The molecule has 17 heavy (non-hydrogen) atoms. The van der Waals surface area contributed by atoms with Crippen LogP contribution in [0.1, 0.15) is 48.4 Å². The third-order valence-corrected chi connectivity index (χ3v) is 2.01. The summed E-state index contributed by atoms with van der Waals surface area (Å²) in [6.07, 6.45) is 0. The molecule has 4 nitrogen and oxygen atoms in total. The third-order valence-electron chi connectivity index (χ3n) is 2.01. The highest BCUT2D eigenvalue weighted by Crippen LogP contribution is 2.20. The zero-order chi connectivity index (χ0) is 13.2. The zero-order valence-electron chi connectivity index (χ0n) is 10.4. The first-order chi connectivity index (χ1) is 7.70. The van der Waals surface area contributed by atoms with Crippen molar-refractivity contribution in [2.45, 2.75) is 33.3 Å². The highest BCUT2D eigenvalue weighted by atomic mass is 16.6. The fourth-order valence-corrected chi connectivity index (χ4v) is 1.28. The largest absolute Gasteiger partial charge is 0.507 e. The van der Waals surface area contributed by atoms with E-state index in [4.69, 9.17) is 4.74 Å². The Kier molecular flexibility index (Phi) is 3.56. The van der Waals surface area contributed by atoms with Crippen LogP contribution in [0.5, 0.6) is 5.75 Å². The highest BCUT2D eigenvalue weighted by Gasteiger charge is 2.19. The Balaban J connectivity index is 3.04. The topological polar surface area (TPSA) is 63.6 Å². The van der Waals surface area contributed by atoms with Gasteiger partial charge in [0, 0.05) is 0 Å². The van der Waals surface area contributed by atoms with Crippen molar-refractivity contribution in [3.05, 3.63) is 29.3 Å². The number of rotatable bonds is 2. The molecule has 0 bridgehead atoms. The lowest BCUT2D eigenvalue weighted by Gasteiger charge is -2.19. The molecule has 0 saturated carbocycles. The molecule has 1 aromatic carbocycles. The van der Waals surface area contributed by atoms with Gasteiger partial charge in [-0.15, -0.1) is 0 Å². The van der Waals surface area contributed by atoms with Gasteiger partial charge >= 0.3 is 5.97 Å². The molecule has 0 heterocycles. The number of phenolic OH excluding ortho intramolecular Hbond substituents is 1. The van der Waals surface area contributed by atoms with E-state index in [1.165, 1.54) is 25.1 Å². The smallest absolute Gasteiger partial charge is 0.338 e. The number of esters is 1. The summed E-state index contributed by atoms with van der Waals surface area (Å²) in [6.45, 7) is 6.61. The SMILES string of the molecule is CC(=O)c1cc(C(=O)OC(C)(C)C)ccc1O. The summed E-state index contributed by atoms with van der Waals surface area (Å²) in [5, 5.41) is 9.45. The van der Waals surface area contributed by atoms with Crippen LogP contribution in [0.25, 0.3) is 0 Å². The van der Waals surface area contributed by atoms with Gasteiger partial charge in [0.05, 0.1) is 11.1 Å². The molecule has 0 radical (unpaired) electrons. The van der Waals surface area contributed by atoms with Crippen molar-refractivity contribution in [1.82, 2.24) is 0 Å². The van der Waals surface area contributed by atoms with E-state index in [1.807, 2.05) is 0 Å².